The lowest BCUT2D eigenvalue weighted by Gasteiger charge is -2.05. The molecule has 0 saturated carbocycles. The van der Waals surface area contributed by atoms with Gasteiger partial charge in [0.15, 0.2) is 0 Å². The van der Waals surface area contributed by atoms with Crippen molar-refractivity contribution in [3.05, 3.63) is 45.9 Å². The van der Waals surface area contributed by atoms with Crippen molar-refractivity contribution in [2.75, 3.05) is 12.3 Å². The monoisotopic (exact) mass is 361 g/mol. The van der Waals surface area contributed by atoms with E-state index in [4.69, 9.17) is 5.73 Å². The van der Waals surface area contributed by atoms with E-state index in [1.807, 2.05) is 6.92 Å². The number of nitrogens with zero attached hydrogens (tertiary/aromatic N) is 1. The second-order valence-corrected chi connectivity index (χ2v) is 5.66. The van der Waals surface area contributed by atoms with Gasteiger partial charge in [-0.25, -0.2) is 4.98 Å². The van der Waals surface area contributed by atoms with Crippen molar-refractivity contribution in [3.63, 3.8) is 0 Å². The quantitative estimate of drug-likeness (QED) is 0.609. The summed E-state index contributed by atoms with van der Waals surface area (Å²) in [5.74, 6) is -0.0672. The third-order valence-electron chi connectivity index (χ3n) is 2.92. The third kappa shape index (κ3) is 6.64. The smallest absolute Gasteiger partial charge is 0.251 e. The summed E-state index contributed by atoms with van der Waals surface area (Å²) in [7, 11) is 0. The van der Waals surface area contributed by atoms with E-state index >= 15 is 0 Å². The first-order valence-electron chi connectivity index (χ1n) is 6.70. The number of hydrogen-bond donors (Lipinski definition) is 2. The fraction of sp³-hybridized carbons (Fsp3) is 0.333. The van der Waals surface area contributed by atoms with Crippen molar-refractivity contribution in [3.8, 4) is 0 Å². The Morgan fingerprint density at radius 1 is 1.32 bits per heavy atom. The number of hydrogen-bond acceptors (Lipinski definition) is 4. The lowest BCUT2D eigenvalue weighted by molar-refractivity contribution is 0.0953. The van der Waals surface area contributed by atoms with Gasteiger partial charge in [0.05, 0.1) is 5.01 Å². The van der Waals surface area contributed by atoms with E-state index in [0.717, 1.165) is 25.0 Å². The molecule has 7 heteroatoms. The molecule has 0 aliphatic carbocycles. The fourth-order valence-corrected chi connectivity index (χ4v) is 2.72. The van der Waals surface area contributed by atoms with E-state index in [1.165, 1.54) is 5.01 Å². The van der Waals surface area contributed by atoms with Crippen LogP contribution in [0, 0.1) is 6.92 Å². The van der Waals surface area contributed by atoms with Crippen molar-refractivity contribution >= 4 is 47.7 Å². The van der Waals surface area contributed by atoms with Gasteiger partial charge < -0.3 is 11.1 Å². The van der Waals surface area contributed by atoms with Crippen LogP contribution >= 0.6 is 36.2 Å². The summed E-state index contributed by atoms with van der Waals surface area (Å²) in [6, 6.07) is 7.01. The number of unbranched alkanes of at least 4 members (excludes halogenated alkanes) is 1. The van der Waals surface area contributed by atoms with E-state index < -0.39 is 0 Å². The van der Waals surface area contributed by atoms with Crippen LogP contribution in [0.5, 0.6) is 0 Å². The minimum absolute atomic E-state index is 0. The molecule has 1 amide bonds. The summed E-state index contributed by atoms with van der Waals surface area (Å²) in [5, 5.41) is 6.14. The Balaban J connectivity index is 0.00000220. The first-order valence-corrected chi connectivity index (χ1v) is 7.58. The number of nitrogens with two attached hydrogens (primary N) is 1. The molecule has 1 aromatic heterocycles. The van der Waals surface area contributed by atoms with E-state index in [-0.39, 0.29) is 30.7 Å². The number of rotatable bonds is 6. The lowest BCUT2D eigenvalue weighted by Crippen LogP contribution is -2.24. The van der Waals surface area contributed by atoms with Gasteiger partial charge in [-0.15, -0.1) is 36.2 Å². The topological polar surface area (TPSA) is 68.0 Å². The molecule has 0 atom stereocenters. The van der Waals surface area contributed by atoms with Crippen LogP contribution in [0.1, 0.15) is 33.9 Å². The molecule has 0 spiro atoms. The molecule has 0 bridgehead atoms. The Morgan fingerprint density at radius 2 is 2.09 bits per heavy atom. The summed E-state index contributed by atoms with van der Waals surface area (Å²) in [4.78, 5) is 16.3. The Hall–Kier alpha value is -1.30. The number of thiazole rings is 1. The molecule has 3 N–H and O–H groups in total. The molecule has 0 radical (unpaired) electrons. The van der Waals surface area contributed by atoms with Crippen LogP contribution in [0.25, 0.3) is 0 Å². The maximum atomic E-state index is 11.9. The van der Waals surface area contributed by atoms with Gasteiger partial charge in [0.25, 0.3) is 5.91 Å². The second-order valence-electron chi connectivity index (χ2n) is 4.72. The maximum absolute atomic E-state index is 11.9. The molecule has 0 saturated heterocycles. The number of nitrogens with one attached hydrogen (secondary N) is 1. The molecule has 1 heterocycles. The fourth-order valence-electron chi connectivity index (χ4n) is 1.90. The maximum Gasteiger partial charge on any atom is 0.251 e. The van der Waals surface area contributed by atoms with Crippen molar-refractivity contribution in [1.29, 1.82) is 0 Å². The number of benzene rings is 1. The van der Waals surface area contributed by atoms with Gasteiger partial charge in [-0.1, -0.05) is 6.07 Å². The Morgan fingerprint density at radius 3 is 2.73 bits per heavy atom. The molecule has 4 nitrogen and oxygen atoms in total. The molecule has 2 rings (SSSR count). The van der Waals surface area contributed by atoms with Crippen LogP contribution in [0.2, 0.25) is 0 Å². The summed E-state index contributed by atoms with van der Waals surface area (Å²) < 4.78 is 0. The second kappa shape index (κ2) is 10.4. The average molecular weight is 362 g/mol. The van der Waals surface area contributed by atoms with Crippen molar-refractivity contribution < 1.29 is 4.79 Å². The first-order chi connectivity index (χ1) is 9.65. The molecule has 2 aromatic rings. The van der Waals surface area contributed by atoms with E-state index in [9.17, 15) is 4.79 Å². The largest absolute Gasteiger partial charge is 0.399 e. The highest BCUT2D eigenvalue weighted by Crippen LogP contribution is 2.11. The van der Waals surface area contributed by atoms with E-state index in [0.29, 0.717) is 17.8 Å². The van der Waals surface area contributed by atoms with Gasteiger partial charge >= 0.3 is 0 Å². The molecule has 0 fully saturated rings. The van der Waals surface area contributed by atoms with Crippen LogP contribution in [0.4, 0.5) is 5.69 Å². The average Bonchev–Trinajstić information content (AvgIpc) is 2.84. The van der Waals surface area contributed by atoms with Crippen molar-refractivity contribution in [1.82, 2.24) is 10.3 Å². The molecular weight excluding hydrogens is 341 g/mol. The molecule has 22 heavy (non-hydrogen) atoms. The zero-order chi connectivity index (χ0) is 14.4. The number of amides is 1. The first kappa shape index (κ1) is 20.7. The number of nitrogen functional groups attached to an aromatic ring is 1. The summed E-state index contributed by atoms with van der Waals surface area (Å²) in [6.45, 7) is 2.68. The Kier molecular flexibility index (Phi) is 9.81. The molecule has 122 valence electrons. The van der Waals surface area contributed by atoms with Crippen LogP contribution in [0.3, 0.4) is 0 Å². The van der Waals surface area contributed by atoms with Gasteiger partial charge in [0, 0.05) is 28.9 Å². The molecule has 0 aliphatic heterocycles. The van der Waals surface area contributed by atoms with Gasteiger partial charge in [-0.2, -0.15) is 0 Å². The van der Waals surface area contributed by atoms with Gasteiger partial charge in [0.2, 0.25) is 0 Å². The van der Waals surface area contributed by atoms with E-state index in [1.54, 1.807) is 35.6 Å². The predicted molar refractivity (Wildman–Crippen MR) is 97.5 cm³/mol. The summed E-state index contributed by atoms with van der Waals surface area (Å²) >= 11 is 1.70. The van der Waals surface area contributed by atoms with Crippen molar-refractivity contribution in [2.24, 2.45) is 0 Å². The lowest BCUT2D eigenvalue weighted by atomic mass is 10.2. The number of carbonyl (C=O) groups is 1. The number of aromatic nitrogens is 1. The summed E-state index contributed by atoms with van der Waals surface area (Å²) in [5.41, 5.74) is 7.96. The SMILES string of the molecule is Cc1csc(CCCCNC(=O)c2cccc(N)c2)n1.Cl.Cl. The third-order valence-corrected chi connectivity index (χ3v) is 3.94. The molecule has 0 unspecified atom stereocenters. The molecular formula is C15H21Cl2N3OS. The number of carbonyl (C=O) groups excluding carboxylic acids is 1. The standard InChI is InChI=1S/C15H19N3OS.2ClH/c1-11-10-20-14(18-11)7-2-3-8-17-15(19)12-5-4-6-13(16)9-12;;/h4-6,9-10H,2-3,7-8,16H2,1H3,(H,17,19);2*1H. The minimum atomic E-state index is -0.0672. The minimum Gasteiger partial charge on any atom is -0.399 e. The number of aryl methyl sites for hydroxylation is 2. The van der Waals surface area contributed by atoms with Gasteiger partial charge in [-0.3, -0.25) is 4.79 Å². The number of halogens is 2. The normalized spacial score (nSPS) is 9.50. The van der Waals surface area contributed by atoms with Crippen LogP contribution in [0.15, 0.2) is 29.6 Å². The highest BCUT2D eigenvalue weighted by Gasteiger charge is 2.04. The Labute approximate surface area is 147 Å². The van der Waals surface area contributed by atoms with Gasteiger partial charge in [0.1, 0.15) is 0 Å². The number of anilines is 1. The van der Waals surface area contributed by atoms with Crippen molar-refractivity contribution in [2.45, 2.75) is 26.2 Å². The zero-order valence-electron chi connectivity index (χ0n) is 12.4. The van der Waals surface area contributed by atoms with Crippen LogP contribution in [-0.2, 0) is 6.42 Å². The Bertz CT molecular complexity index is 590. The van der Waals surface area contributed by atoms with E-state index in [2.05, 4.69) is 15.7 Å². The van der Waals surface area contributed by atoms with Crippen LogP contribution < -0.4 is 11.1 Å². The zero-order valence-corrected chi connectivity index (χ0v) is 14.8. The predicted octanol–water partition coefficient (Wildman–Crippen LogP) is 3.63. The highest BCUT2D eigenvalue weighted by molar-refractivity contribution is 7.09. The van der Waals surface area contributed by atoms with Crippen LogP contribution in [-0.4, -0.2) is 17.4 Å². The highest BCUT2D eigenvalue weighted by atomic mass is 35.5. The summed E-state index contributed by atoms with van der Waals surface area (Å²) in [6.07, 6.45) is 2.96. The molecule has 1 aromatic carbocycles. The van der Waals surface area contributed by atoms with Gasteiger partial charge in [-0.05, 0) is 44.4 Å². The molecule has 0 aliphatic rings.